The molecule has 3 heterocycles. The molecule has 2 aromatic rings. The van der Waals surface area contributed by atoms with Crippen LogP contribution in [-0.2, 0) is 11.3 Å². The minimum Gasteiger partial charge on any atom is -0.340 e. The molecule has 7 heteroatoms. The van der Waals surface area contributed by atoms with E-state index >= 15 is 0 Å². The Hall–Kier alpha value is -1.92. The summed E-state index contributed by atoms with van der Waals surface area (Å²) in [5.74, 6) is 0.110. The highest BCUT2D eigenvalue weighted by atomic mass is 35.5. The standard InChI is InChI=1S/C15H17ClN4O2/c1-11(21)19-6-4-18(5-7-19)10-13-8-15(22)20-9-12(16)2-3-14(20)17-13/h2-3,8-9H,4-7,10H2,1H3. The Morgan fingerprint density at radius 2 is 2.00 bits per heavy atom. The summed E-state index contributed by atoms with van der Waals surface area (Å²) in [5.41, 5.74) is 1.20. The van der Waals surface area contributed by atoms with E-state index in [0.717, 1.165) is 31.9 Å². The number of nitrogens with zero attached hydrogens (tertiary/aromatic N) is 4. The van der Waals surface area contributed by atoms with Gasteiger partial charge in [-0.25, -0.2) is 4.98 Å². The smallest absolute Gasteiger partial charge is 0.258 e. The Balaban J connectivity index is 1.76. The van der Waals surface area contributed by atoms with E-state index in [1.165, 1.54) is 4.40 Å². The fourth-order valence-electron chi connectivity index (χ4n) is 2.66. The summed E-state index contributed by atoms with van der Waals surface area (Å²) in [4.78, 5) is 32.0. The summed E-state index contributed by atoms with van der Waals surface area (Å²) in [6.07, 6.45) is 1.57. The number of rotatable bonds is 2. The van der Waals surface area contributed by atoms with Gasteiger partial charge in [-0.05, 0) is 12.1 Å². The third-order valence-electron chi connectivity index (χ3n) is 3.88. The number of pyridine rings is 1. The summed E-state index contributed by atoms with van der Waals surface area (Å²) < 4.78 is 1.44. The molecule has 0 unspecified atom stereocenters. The number of carbonyl (C=O) groups excluding carboxylic acids is 1. The van der Waals surface area contributed by atoms with E-state index in [-0.39, 0.29) is 11.5 Å². The lowest BCUT2D eigenvalue weighted by Crippen LogP contribution is -2.47. The SMILES string of the molecule is CC(=O)N1CCN(Cc2cc(=O)n3cc(Cl)ccc3n2)CC1. The molecule has 116 valence electrons. The minimum atomic E-state index is -0.134. The van der Waals surface area contributed by atoms with E-state index in [4.69, 9.17) is 11.6 Å². The number of fused-ring (bicyclic) bond motifs is 1. The molecule has 1 amide bonds. The maximum absolute atomic E-state index is 12.1. The molecule has 3 rings (SSSR count). The first-order valence-electron chi connectivity index (χ1n) is 7.18. The van der Waals surface area contributed by atoms with Crippen molar-refractivity contribution in [2.24, 2.45) is 0 Å². The third kappa shape index (κ3) is 3.13. The fourth-order valence-corrected chi connectivity index (χ4v) is 2.82. The van der Waals surface area contributed by atoms with Crippen molar-refractivity contribution < 1.29 is 4.79 Å². The van der Waals surface area contributed by atoms with Gasteiger partial charge in [-0.2, -0.15) is 0 Å². The second kappa shape index (κ2) is 6.06. The summed E-state index contributed by atoms with van der Waals surface area (Å²) in [6.45, 7) is 5.23. The first-order chi connectivity index (χ1) is 10.5. The maximum atomic E-state index is 12.1. The van der Waals surface area contributed by atoms with Gasteiger partial charge in [-0.15, -0.1) is 0 Å². The normalized spacial score (nSPS) is 16.2. The van der Waals surface area contributed by atoms with Crippen molar-refractivity contribution in [1.82, 2.24) is 19.2 Å². The zero-order valence-corrected chi connectivity index (χ0v) is 13.1. The van der Waals surface area contributed by atoms with Crippen molar-refractivity contribution in [3.63, 3.8) is 0 Å². The van der Waals surface area contributed by atoms with E-state index in [1.807, 2.05) is 4.90 Å². The molecule has 1 aliphatic rings. The number of halogens is 1. The first-order valence-corrected chi connectivity index (χ1v) is 7.56. The number of amides is 1. The second-order valence-electron chi connectivity index (χ2n) is 5.44. The molecule has 6 nitrogen and oxygen atoms in total. The number of aromatic nitrogens is 2. The largest absolute Gasteiger partial charge is 0.340 e. The van der Waals surface area contributed by atoms with Crippen LogP contribution in [0.2, 0.25) is 5.02 Å². The van der Waals surface area contributed by atoms with Crippen molar-refractivity contribution in [1.29, 1.82) is 0 Å². The Labute approximate surface area is 132 Å². The van der Waals surface area contributed by atoms with Crippen molar-refractivity contribution in [3.8, 4) is 0 Å². The molecular formula is C15H17ClN4O2. The van der Waals surface area contributed by atoms with Gasteiger partial charge < -0.3 is 4.90 Å². The Kier molecular flexibility index (Phi) is 4.13. The van der Waals surface area contributed by atoms with E-state index in [9.17, 15) is 9.59 Å². The average molecular weight is 321 g/mol. The number of hydrogen-bond acceptors (Lipinski definition) is 4. The van der Waals surface area contributed by atoms with Crippen molar-refractivity contribution in [2.75, 3.05) is 26.2 Å². The molecule has 22 heavy (non-hydrogen) atoms. The number of hydrogen-bond donors (Lipinski definition) is 0. The number of carbonyl (C=O) groups is 1. The molecule has 0 saturated carbocycles. The molecule has 0 N–H and O–H groups in total. The van der Waals surface area contributed by atoms with E-state index in [1.54, 1.807) is 31.3 Å². The van der Waals surface area contributed by atoms with Gasteiger partial charge in [0.1, 0.15) is 5.65 Å². The van der Waals surface area contributed by atoms with Crippen LogP contribution >= 0.6 is 11.6 Å². The fraction of sp³-hybridized carbons (Fsp3) is 0.400. The van der Waals surface area contributed by atoms with Gasteiger partial charge in [0.05, 0.1) is 10.7 Å². The molecule has 0 atom stereocenters. The van der Waals surface area contributed by atoms with Crippen LogP contribution in [0.25, 0.3) is 5.65 Å². The summed E-state index contributed by atoms with van der Waals surface area (Å²) in [6, 6.07) is 5.00. The highest BCUT2D eigenvalue weighted by molar-refractivity contribution is 6.30. The van der Waals surface area contributed by atoms with Crippen molar-refractivity contribution in [3.05, 3.63) is 45.5 Å². The predicted octanol–water partition coefficient (Wildman–Crippen LogP) is 1.01. The lowest BCUT2D eigenvalue weighted by atomic mass is 10.2. The monoisotopic (exact) mass is 320 g/mol. The van der Waals surface area contributed by atoms with Crippen LogP contribution in [0.4, 0.5) is 0 Å². The molecule has 0 radical (unpaired) electrons. The van der Waals surface area contributed by atoms with Gasteiger partial charge in [0, 0.05) is 51.9 Å². The zero-order valence-electron chi connectivity index (χ0n) is 12.3. The first kappa shape index (κ1) is 15.0. The highest BCUT2D eigenvalue weighted by Gasteiger charge is 2.19. The second-order valence-corrected chi connectivity index (χ2v) is 5.88. The summed E-state index contributed by atoms with van der Waals surface area (Å²) in [7, 11) is 0. The van der Waals surface area contributed by atoms with E-state index in [0.29, 0.717) is 17.2 Å². The molecular weight excluding hydrogens is 304 g/mol. The molecule has 2 aromatic heterocycles. The van der Waals surface area contributed by atoms with Crippen LogP contribution in [0.5, 0.6) is 0 Å². The maximum Gasteiger partial charge on any atom is 0.258 e. The molecule has 0 aliphatic carbocycles. The summed E-state index contributed by atoms with van der Waals surface area (Å²) in [5, 5.41) is 0.504. The summed E-state index contributed by atoms with van der Waals surface area (Å²) >= 11 is 5.90. The predicted molar refractivity (Wildman–Crippen MR) is 84.0 cm³/mol. The lowest BCUT2D eigenvalue weighted by Gasteiger charge is -2.33. The van der Waals surface area contributed by atoms with Crippen molar-refractivity contribution in [2.45, 2.75) is 13.5 Å². The lowest BCUT2D eigenvalue weighted by molar-refractivity contribution is -0.130. The van der Waals surface area contributed by atoms with Gasteiger partial charge in [-0.3, -0.25) is 18.9 Å². The Morgan fingerprint density at radius 3 is 2.68 bits per heavy atom. The van der Waals surface area contributed by atoms with Crippen LogP contribution in [-0.4, -0.2) is 51.3 Å². The van der Waals surface area contributed by atoms with Crippen LogP contribution in [0.3, 0.4) is 0 Å². The molecule has 1 saturated heterocycles. The number of piperazine rings is 1. The Morgan fingerprint density at radius 1 is 1.27 bits per heavy atom. The topological polar surface area (TPSA) is 57.9 Å². The molecule has 0 bridgehead atoms. The van der Waals surface area contributed by atoms with Crippen LogP contribution < -0.4 is 5.56 Å². The van der Waals surface area contributed by atoms with E-state index < -0.39 is 0 Å². The van der Waals surface area contributed by atoms with Crippen LogP contribution in [0.1, 0.15) is 12.6 Å². The van der Waals surface area contributed by atoms with E-state index in [2.05, 4.69) is 9.88 Å². The van der Waals surface area contributed by atoms with Gasteiger partial charge in [0.25, 0.3) is 5.56 Å². The highest BCUT2D eigenvalue weighted by Crippen LogP contribution is 2.10. The molecule has 1 fully saturated rings. The van der Waals surface area contributed by atoms with Gasteiger partial charge in [-0.1, -0.05) is 11.6 Å². The third-order valence-corrected chi connectivity index (χ3v) is 4.10. The average Bonchev–Trinajstić information content (AvgIpc) is 2.49. The zero-order chi connectivity index (χ0) is 15.7. The molecule has 1 aliphatic heterocycles. The quantitative estimate of drug-likeness (QED) is 0.829. The van der Waals surface area contributed by atoms with Gasteiger partial charge in [0.2, 0.25) is 5.91 Å². The van der Waals surface area contributed by atoms with Gasteiger partial charge in [0.15, 0.2) is 0 Å². The van der Waals surface area contributed by atoms with Gasteiger partial charge >= 0.3 is 0 Å². The Bertz CT molecular complexity index is 766. The van der Waals surface area contributed by atoms with Crippen molar-refractivity contribution >= 4 is 23.2 Å². The molecule has 0 aromatic carbocycles. The van der Waals surface area contributed by atoms with Crippen LogP contribution in [0, 0.1) is 0 Å². The molecule has 0 spiro atoms. The van der Waals surface area contributed by atoms with Crippen LogP contribution in [0.15, 0.2) is 29.2 Å². The minimum absolute atomic E-state index is 0.110.